The number of carbonyl (C=O) groups excluding carboxylic acids is 2. The number of rotatable bonds is 9. The molecule has 358 valence electrons. The highest BCUT2D eigenvalue weighted by Gasteiger charge is 2.16. The van der Waals surface area contributed by atoms with E-state index in [1.807, 2.05) is 60.9 Å². The van der Waals surface area contributed by atoms with Crippen molar-refractivity contribution < 1.29 is 43.5 Å². The van der Waals surface area contributed by atoms with Crippen LogP contribution < -0.4 is 16.6 Å². The summed E-state index contributed by atoms with van der Waals surface area (Å²) in [5, 5.41) is 31.1. The van der Waals surface area contributed by atoms with Crippen molar-refractivity contribution in [2.24, 2.45) is 5.84 Å². The first kappa shape index (κ1) is 64.1. The molecule has 63 heavy (non-hydrogen) atoms. The molecule has 0 radical (unpaired) electrons. The van der Waals surface area contributed by atoms with E-state index in [2.05, 4.69) is 10.7 Å². The minimum atomic E-state index is -0.711. The molecule has 6 rings (SSSR count). The third-order valence-electron chi connectivity index (χ3n) is 7.84. The van der Waals surface area contributed by atoms with Crippen molar-refractivity contribution in [1.29, 1.82) is 0 Å². The molecular formula is C45H77N7O11. The van der Waals surface area contributed by atoms with Crippen LogP contribution in [0.3, 0.4) is 0 Å². The van der Waals surface area contributed by atoms with Crippen LogP contribution in [-0.4, -0.2) is 121 Å². The van der Waals surface area contributed by atoms with Crippen molar-refractivity contribution in [2.75, 3.05) is 84.3 Å². The van der Waals surface area contributed by atoms with E-state index in [1.165, 1.54) is 24.3 Å². The van der Waals surface area contributed by atoms with Gasteiger partial charge in [0.15, 0.2) is 0 Å². The summed E-state index contributed by atoms with van der Waals surface area (Å²) in [7, 11) is 0. The Morgan fingerprint density at radius 2 is 0.921 bits per heavy atom. The number of para-hydroxylation sites is 3. The van der Waals surface area contributed by atoms with Gasteiger partial charge in [-0.15, -0.1) is 0 Å². The SMILES string of the molecule is C.C.C.C1COCCN1.CCCC(=O)N1CCOCC1.CCCC(=O)N1CCOCC1.CCCC(=O)O.NNc1ccccc1.O=[N+]([O-])c1ccccc1.O=[N+]([O-])c1ccccc1. The summed E-state index contributed by atoms with van der Waals surface area (Å²) in [6.07, 6.45) is 4.27. The highest BCUT2D eigenvalue weighted by atomic mass is 16.6. The van der Waals surface area contributed by atoms with Crippen molar-refractivity contribution in [3.8, 4) is 0 Å². The lowest BCUT2D eigenvalue weighted by atomic mass is 10.3. The van der Waals surface area contributed by atoms with Gasteiger partial charge in [-0.05, 0) is 31.4 Å². The number of nitrogens with two attached hydrogens (primary N) is 1. The van der Waals surface area contributed by atoms with Gasteiger partial charge in [-0.2, -0.15) is 0 Å². The largest absolute Gasteiger partial charge is 0.481 e. The fraction of sp³-hybridized carbons (Fsp3) is 0.533. The van der Waals surface area contributed by atoms with Gasteiger partial charge in [0.05, 0.1) is 49.5 Å². The molecule has 0 saturated carbocycles. The number of hydrogen-bond donors (Lipinski definition) is 4. The number of carbonyl (C=O) groups is 3. The van der Waals surface area contributed by atoms with E-state index in [0.29, 0.717) is 45.7 Å². The Hall–Kier alpha value is -5.53. The molecule has 2 amide bonds. The van der Waals surface area contributed by atoms with Crippen molar-refractivity contribution in [1.82, 2.24) is 15.1 Å². The zero-order valence-corrected chi connectivity index (χ0v) is 35.3. The number of carboxylic acid groups (broad SMARTS) is 1. The molecule has 0 spiro atoms. The van der Waals surface area contributed by atoms with Crippen LogP contribution in [0.15, 0.2) is 91.0 Å². The summed E-state index contributed by atoms with van der Waals surface area (Å²) >= 11 is 0. The van der Waals surface area contributed by atoms with E-state index in [9.17, 15) is 34.6 Å². The molecule has 0 aromatic heterocycles. The molecule has 18 heteroatoms. The Kier molecular flexibility index (Phi) is 45.3. The van der Waals surface area contributed by atoms with Crippen LogP contribution in [0.1, 0.15) is 81.6 Å². The van der Waals surface area contributed by atoms with Gasteiger partial charge in [0.2, 0.25) is 11.8 Å². The molecule has 3 fully saturated rings. The standard InChI is InChI=1S/2C8H15NO2.C6H8N2.2C6H5NO2.C4H9NO.C4H8O2.3CH4/c2*1-2-3-8(10)9-4-6-11-7-5-9;7-8-6-4-2-1-3-5-6;2*8-7(9)6-4-2-1-3-5-6;1-3-6-4-2-5-1;1-2-3-4(5)6;;;/h2*2-7H2,1H3;1-5,8H,7H2;2*1-5H;5H,1-4H2;2-3H2,1H3,(H,5,6);3*1H4. The Morgan fingerprint density at radius 3 is 1.11 bits per heavy atom. The molecule has 5 N–H and O–H groups in total. The first-order chi connectivity index (χ1) is 29.0. The first-order valence-electron chi connectivity index (χ1n) is 20.1. The Bertz CT molecular complexity index is 1440. The number of amides is 2. The fourth-order valence-electron chi connectivity index (χ4n) is 4.73. The molecule has 0 bridgehead atoms. The average molecular weight is 892 g/mol. The van der Waals surface area contributed by atoms with E-state index in [0.717, 1.165) is 77.4 Å². The van der Waals surface area contributed by atoms with Crippen molar-refractivity contribution in [3.63, 3.8) is 0 Å². The quantitative estimate of drug-likeness (QED) is 0.0909. The summed E-state index contributed by atoms with van der Waals surface area (Å²) in [4.78, 5) is 55.1. The number of carboxylic acids is 1. The maximum atomic E-state index is 11.3. The third kappa shape index (κ3) is 36.8. The summed E-state index contributed by atoms with van der Waals surface area (Å²) in [6, 6.07) is 25.5. The summed E-state index contributed by atoms with van der Waals surface area (Å²) in [5.41, 5.74) is 3.74. The van der Waals surface area contributed by atoms with Crippen LogP contribution in [0.4, 0.5) is 17.1 Å². The van der Waals surface area contributed by atoms with Gasteiger partial charge in [-0.1, -0.05) is 97.6 Å². The number of hydrazine groups is 1. The van der Waals surface area contributed by atoms with Gasteiger partial charge < -0.3 is 39.9 Å². The van der Waals surface area contributed by atoms with E-state index < -0.39 is 15.8 Å². The molecule has 0 atom stereocenters. The molecule has 3 aliphatic rings. The zero-order valence-electron chi connectivity index (χ0n) is 35.3. The van der Waals surface area contributed by atoms with Gasteiger partial charge >= 0.3 is 5.97 Å². The number of nitrogen functional groups attached to an aromatic ring is 1. The number of morpholine rings is 3. The number of aliphatic carboxylic acids is 1. The molecule has 3 aromatic carbocycles. The normalized spacial score (nSPS) is 13.1. The maximum Gasteiger partial charge on any atom is 0.303 e. The molecule has 3 saturated heterocycles. The second-order valence-electron chi connectivity index (χ2n) is 12.7. The first-order valence-corrected chi connectivity index (χ1v) is 20.1. The number of benzene rings is 3. The van der Waals surface area contributed by atoms with Crippen molar-refractivity contribution >= 4 is 34.8 Å². The lowest BCUT2D eigenvalue weighted by Gasteiger charge is -2.26. The highest BCUT2D eigenvalue weighted by Crippen LogP contribution is 2.08. The molecule has 3 heterocycles. The molecule has 3 aliphatic heterocycles. The fourth-order valence-corrected chi connectivity index (χ4v) is 4.73. The Labute approximate surface area is 375 Å². The lowest BCUT2D eigenvalue weighted by molar-refractivity contribution is -0.385. The van der Waals surface area contributed by atoms with Gasteiger partial charge in [-0.3, -0.25) is 40.5 Å². The summed E-state index contributed by atoms with van der Waals surface area (Å²) in [6.45, 7) is 15.6. The number of nitrogens with zero attached hydrogens (tertiary/aromatic N) is 4. The van der Waals surface area contributed by atoms with Crippen LogP contribution in [0, 0.1) is 20.2 Å². The molecule has 0 unspecified atom stereocenters. The van der Waals surface area contributed by atoms with Crippen molar-refractivity contribution in [2.45, 2.75) is 81.6 Å². The van der Waals surface area contributed by atoms with Crippen LogP contribution in [0.2, 0.25) is 0 Å². The van der Waals surface area contributed by atoms with Crippen LogP contribution in [0.25, 0.3) is 0 Å². The van der Waals surface area contributed by atoms with Gasteiger partial charge in [0, 0.05) is 88.5 Å². The van der Waals surface area contributed by atoms with Gasteiger partial charge in [0.1, 0.15) is 0 Å². The van der Waals surface area contributed by atoms with Crippen LogP contribution in [-0.2, 0) is 28.6 Å². The molecular weight excluding hydrogens is 815 g/mol. The Balaban J connectivity index is -0.000000323. The van der Waals surface area contributed by atoms with Gasteiger partial charge in [0.25, 0.3) is 11.4 Å². The number of ether oxygens (including phenoxy) is 3. The number of nitro groups is 2. The highest BCUT2D eigenvalue weighted by molar-refractivity contribution is 5.76. The predicted octanol–water partition coefficient (Wildman–Crippen LogP) is 7.84. The number of nitro benzene ring substituents is 2. The molecule has 0 aliphatic carbocycles. The molecule has 18 nitrogen and oxygen atoms in total. The third-order valence-corrected chi connectivity index (χ3v) is 7.84. The van der Waals surface area contributed by atoms with E-state index >= 15 is 0 Å². The van der Waals surface area contributed by atoms with E-state index in [-0.39, 0.29) is 45.5 Å². The van der Waals surface area contributed by atoms with Gasteiger partial charge in [-0.25, -0.2) is 0 Å². The second-order valence-corrected chi connectivity index (χ2v) is 12.7. The number of nitrogens with one attached hydrogen (secondary N) is 2. The zero-order chi connectivity index (χ0) is 44.6. The second kappa shape index (κ2) is 44.5. The van der Waals surface area contributed by atoms with E-state index in [1.54, 1.807) is 36.4 Å². The number of non-ortho nitro benzene ring substituents is 2. The van der Waals surface area contributed by atoms with Crippen molar-refractivity contribution in [3.05, 3.63) is 111 Å². The lowest BCUT2D eigenvalue weighted by Crippen LogP contribution is -2.40. The number of anilines is 1. The molecule has 3 aromatic rings. The minimum Gasteiger partial charge on any atom is -0.481 e. The predicted molar refractivity (Wildman–Crippen MR) is 251 cm³/mol. The minimum absolute atomic E-state index is 0. The van der Waals surface area contributed by atoms with E-state index in [4.69, 9.17) is 25.2 Å². The summed E-state index contributed by atoms with van der Waals surface area (Å²) < 4.78 is 15.3. The van der Waals surface area contributed by atoms with Crippen LogP contribution >= 0.6 is 0 Å². The Morgan fingerprint density at radius 1 is 0.603 bits per heavy atom. The number of hydrogen-bond acceptors (Lipinski definition) is 13. The smallest absolute Gasteiger partial charge is 0.303 e. The summed E-state index contributed by atoms with van der Waals surface area (Å²) in [5.74, 6) is 4.94. The average Bonchev–Trinajstić information content (AvgIpc) is 3.30. The van der Waals surface area contributed by atoms with Crippen LogP contribution in [0.5, 0.6) is 0 Å². The maximum absolute atomic E-state index is 11.3. The monoisotopic (exact) mass is 892 g/mol. The topological polar surface area (TPSA) is 242 Å².